The Morgan fingerprint density at radius 3 is 3.00 bits per heavy atom. The number of thiazole rings is 1. The molecule has 0 spiro atoms. The molecular formula is C10H13ClN4S. The summed E-state index contributed by atoms with van der Waals surface area (Å²) in [5, 5.41) is 11.2. The van der Waals surface area contributed by atoms with Crippen molar-refractivity contribution in [1.29, 1.82) is 0 Å². The van der Waals surface area contributed by atoms with Crippen molar-refractivity contribution in [1.82, 2.24) is 20.0 Å². The standard InChI is InChI=1S/C10H13ClN4S/c1-2-3-10-12-9(7-16-10)6-15-5-8(4-11)13-14-15/h5,7H,2-4,6H2,1H3. The summed E-state index contributed by atoms with van der Waals surface area (Å²) in [4.78, 5) is 4.53. The van der Waals surface area contributed by atoms with E-state index in [4.69, 9.17) is 11.6 Å². The lowest BCUT2D eigenvalue weighted by molar-refractivity contribution is 0.639. The van der Waals surface area contributed by atoms with Gasteiger partial charge in [0.25, 0.3) is 0 Å². The molecule has 0 amide bonds. The lowest BCUT2D eigenvalue weighted by atomic mass is 10.3. The quantitative estimate of drug-likeness (QED) is 0.772. The molecule has 0 fully saturated rings. The summed E-state index contributed by atoms with van der Waals surface area (Å²) in [6.07, 6.45) is 4.04. The molecule has 86 valence electrons. The van der Waals surface area contributed by atoms with Crippen LogP contribution >= 0.6 is 22.9 Å². The molecule has 0 radical (unpaired) electrons. The van der Waals surface area contributed by atoms with Crippen molar-refractivity contribution in [2.45, 2.75) is 32.2 Å². The lowest BCUT2D eigenvalue weighted by Gasteiger charge is -1.94. The molecular weight excluding hydrogens is 244 g/mol. The van der Waals surface area contributed by atoms with Crippen molar-refractivity contribution < 1.29 is 0 Å². The predicted octanol–water partition coefficient (Wildman–Crippen LogP) is 2.47. The minimum Gasteiger partial charge on any atom is -0.246 e. The molecule has 2 aromatic heterocycles. The third kappa shape index (κ3) is 2.80. The van der Waals surface area contributed by atoms with Crippen LogP contribution in [0.3, 0.4) is 0 Å². The number of nitrogens with zero attached hydrogens (tertiary/aromatic N) is 4. The fourth-order valence-electron chi connectivity index (χ4n) is 1.39. The van der Waals surface area contributed by atoms with Crippen LogP contribution in [-0.2, 0) is 18.8 Å². The van der Waals surface area contributed by atoms with Crippen molar-refractivity contribution in [3.63, 3.8) is 0 Å². The average molecular weight is 257 g/mol. The Labute approximate surface area is 103 Å². The molecule has 2 heterocycles. The first-order valence-corrected chi connectivity index (χ1v) is 6.61. The fraction of sp³-hybridized carbons (Fsp3) is 0.500. The van der Waals surface area contributed by atoms with Gasteiger partial charge in [-0.05, 0) is 12.8 Å². The minimum atomic E-state index is 0.401. The van der Waals surface area contributed by atoms with Gasteiger partial charge in [0.05, 0.1) is 35.0 Å². The van der Waals surface area contributed by atoms with Crippen LogP contribution in [0, 0.1) is 0 Å². The van der Waals surface area contributed by atoms with E-state index in [9.17, 15) is 0 Å². The van der Waals surface area contributed by atoms with Crippen molar-refractivity contribution in [2.24, 2.45) is 0 Å². The van der Waals surface area contributed by atoms with Crippen LogP contribution in [0.25, 0.3) is 0 Å². The van der Waals surface area contributed by atoms with E-state index < -0.39 is 0 Å². The molecule has 0 unspecified atom stereocenters. The topological polar surface area (TPSA) is 43.6 Å². The molecule has 2 aromatic rings. The van der Waals surface area contributed by atoms with Gasteiger partial charge < -0.3 is 0 Å². The highest BCUT2D eigenvalue weighted by molar-refractivity contribution is 7.09. The molecule has 0 N–H and O–H groups in total. The predicted molar refractivity (Wildman–Crippen MR) is 64.8 cm³/mol. The van der Waals surface area contributed by atoms with E-state index in [1.807, 2.05) is 6.20 Å². The van der Waals surface area contributed by atoms with Gasteiger partial charge in [-0.25, -0.2) is 9.67 Å². The van der Waals surface area contributed by atoms with Gasteiger partial charge in [-0.1, -0.05) is 12.1 Å². The maximum absolute atomic E-state index is 5.66. The fourth-order valence-corrected chi connectivity index (χ4v) is 2.41. The molecule has 0 aliphatic rings. The molecule has 0 saturated carbocycles. The van der Waals surface area contributed by atoms with Crippen molar-refractivity contribution in [3.8, 4) is 0 Å². The van der Waals surface area contributed by atoms with Crippen LogP contribution in [0.15, 0.2) is 11.6 Å². The van der Waals surface area contributed by atoms with Gasteiger partial charge in [0.1, 0.15) is 0 Å². The maximum Gasteiger partial charge on any atom is 0.0974 e. The van der Waals surface area contributed by atoms with Crippen LogP contribution < -0.4 is 0 Å². The maximum atomic E-state index is 5.66. The Bertz CT molecular complexity index is 451. The van der Waals surface area contributed by atoms with E-state index >= 15 is 0 Å². The second-order valence-corrected chi connectivity index (χ2v) is 4.73. The van der Waals surface area contributed by atoms with Crippen LogP contribution in [-0.4, -0.2) is 20.0 Å². The van der Waals surface area contributed by atoms with Crippen molar-refractivity contribution in [2.75, 3.05) is 0 Å². The summed E-state index contributed by atoms with van der Waals surface area (Å²) < 4.78 is 1.77. The van der Waals surface area contributed by atoms with Gasteiger partial charge in [0.2, 0.25) is 0 Å². The number of hydrogen-bond donors (Lipinski definition) is 0. The largest absolute Gasteiger partial charge is 0.246 e. The zero-order chi connectivity index (χ0) is 11.4. The van der Waals surface area contributed by atoms with Crippen LogP contribution in [0.1, 0.15) is 29.7 Å². The molecule has 6 heteroatoms. The molecule has 0 bridgehead atoms. The molecule has 0 aromatic carbocycles. The average Bonchev–Trinajstić information content (AvgIpc) is 2.89. The normalized spacial score (nSPS) is 10.9. The zero-order valence-corrected chi connectivity index (χ0v) is 10.6. The summed E-state index contributed by atoms with van der Waals surface area (Å²) in [6, 6.07) is 0. The Hall–Kier alpha value is -0.940. The van der Waals surface area contributed by atoms with E-state index in [1.54, 1.807) is 16.0 Å². The summed E-state index contributed by atoms with van der Waals surface area (Å²) in [5.74, 6) is 0.401. The van der Waals surface area contributed by atoms with Crippen LogP contribution in [0.4, 0.5) is 0 Å². The van der Waals surface area contributed by atoms with Gasteiger partial charge in [0.15, 0.2) is 0 Å². The number of rotatable bonds is 5. The summed E-state index contributed by atoms with van der Waals surface area (Å²) >= 11 is 7.37. The molecule has 0 aliphatic heterocycles. The van der Waals surface area contributed by atoms with Crippen LogP contribution in [0.5, 0.6) is 0 Å². The second kappa shape index (κ2) is 5.41. The third-order valence-corrected chi connectivity index (χ3v) is 3.34. The molecule has 0 atom stereocenters. The zero-order valence-electron chi connectivity index (χ0n) is 9.06. The van der Waals surface area contributed by atoms with E-state index in [2.05, 4.69) is 27.6 Å². The molecule has 0 aliphatic carbocycles. The van der Waals surface area contributed by atoms with Gasteiger partial charge in [0, 0.05) is 5.38 Å². The van der Waals surface area contributed by atoms with Gasteiger partial charge in [-0.2, -0.15) is 0 Å². The van der Waals surface area contributed by atoms with Crippen molar-refractivity contribution >= 4 is 22.9 Å². The van der Waals surface area contributed by atoms with E-state index in [-0.39, 0.29) is 0 Å². The summed E-state index contributed by atoms with van der Waals surface area (Å²) in [6.45, 7) is 2.83. The SMILES string of the molecule is CCCc1nc(Cn2cc(CCl)nn2)cs1. The van der Waals surface area contributed by atoms with Crippen LogP contribution in [0.2, 0.25) is 0 Å². The van der Waals surface area contributed by atoms with E-state index in [1.165, 1.54) is 5.01 Å². The molecule has 16 heavy (non-hydrogen) atoms. The van der Waals surface area contributed by atoms with E-state index in [0.29, 0.717) is 12.4 Å². The highest BCUT2D eigenvalue weighted by Gasteiger charge is 2.04. The highest BCUT2D eigenvalue weighted by Crippen LogP contribution is 2.12. The monoisotopic (exact) mass is 256 g/mol. The smallest absolute Gasteiger partial charge is 0.0974 e. The first kappa shape index (κ1) is 11.5. The molecule has 0 saturated heterocycles. The number of aryl methyl sites for hydroxylation is 1. The molecule has 2 rings (SSSR count). The lowest BCUT2D eigenvalue weighted by Crippen LogP contribution is -2.01. The second-order valence-electron chi connectivity index (χ2n) is 3.52. The minimum absolute atomic E-state index is 0.401. The Morgan fingerprint density at radius 2 is 2.31 bits per heavy atom. The molecule has 4 nitrogen and oxygen atoms in total. The van der Waals surface area contributed by atoms with Gasteiger partial charge >= 0.3 is 0 Å². The summed E-state index contributed by atoms with van der Waals surface area (Å²) in [7, 11) is 0. The van der Waals surface area contributed by atoms with E-state index in [0.717, 1.165) is 24.2 Å². The Kier molecular flexibility index (Phi) is 3.90. The summed E-state index contributed by atoms with van der Waals surface area (Å²) in [5.41, 5.74) is 1.84. The number of hydrogen-bond acceptors (Lipinski definition) is 4. The third-order valence-electron chi connectivity index (χ3n) is 2.11. The number of halogens is 1. The van der Waals surface area contributed by atoms with Gasteiger partial charge in [-0.3, -0.25) is 0 Å². The Balaban J connectivity index is 2.02. The first-order chi connectivity index (χ1) is 7.81. The number of aromatic nitrogens is 4. The highest BCUT2D eigenvalue weighted by atomic mass is 35.5. The van der Waals surface area contributed by atoms with Gasteiger partial charge in [-0.15, -0.1) is 28.0 Å². The number of alkyl halides is 1. The first-order valence-electron chi connectivity index (χ1n) is 5.20. The van der Waals surface area contributed by atoms with Crippen molar-refractivity contribution in [3.05, 3.63) is 28.0 Å². The Morgan fingerprint density at radius 1 is 1.44 bits per heavy atom.